The first-order chi connectivity index (χ1) is 9.72. The number of aryl methyl sites for hydroxylation is 1. The Labute approximate surface area is 123 Å². The molecule has 116 valence electrons. The Kier molecular flexibility index (Phi) is 5.45. The van der Waals surface area contributed by atoms with E-state index in [0.29, 0.717) is 5.56 Å². The average molecular weight is 315 g/mol. The molecule has 0 spiro atoms. The molecule has 1 rings (SSSR count). The summed E-state index contributed by atoms with van der Waals surface area (Å²) in [6.07, 6.45) is 0.101. The molecule has 0 aromatic heterocycles. The monoisotopic (exact) mass is 315 g/mol. The molecular formula is C13H17NO6S. The van der Waals surface area contributed by atoms with Crippen molar-refractivity contribution >= 4 is 22.0 Å². The van der Waals surface area contributed by atoms with Gasteiger partial charge >= 0.3 is 11.9 Å². The van der Waals surface area contributed by atoms with Gasteiger partial charge in [0.25, 0.3) is 0 Å². The summed E-state index contributed by atoms with van der Waals surface area (Å²) in [4.78, 5) is 22.3. The fourth-order valence-corrected chi connectivity index (χ4v) is 3.24. The van der Waals surface area contributed by atoms with E-state index in [2.05, 4.69) is 9.46 Å². The van der Waals surface area contributed by atoms with Gasteiger partial charge in [-0.05, 0) is 31.0 Å². The number of sulfonamides is 1. The third kappa shape index (κ3) is 4.02. The normalized spacial score (nSPS) is 12.7. The van der Waals surface area contributed by atoms with Crippen molar-refractivity contribution in [3.63, 3.8) is 0 Å². The van der Waals surface area contributed by atoms with Crippen molar-refractivity contribution in [1.29, 1.82) is 0 Å². The van der Waals surface area contributed by atoms with Crippen LogP contribution < -0.4 is 4.72 Å². The molecule has 0 saturated heterocycles. The summed E-state index contributed by atoms with van der Waals surface area (Å²) in [6, 6.07) is 2.84. The molecule has 0 saturated carbocycles. The van der Waals surface area contributed by atoms with Gasteiger partial charge in [-0.15, -0.1) is 0 Å². The Bertz CT molecular complexity index is 653. The zero-order valence-electron chi connectivity index (χ0n) is 11.9. The summed E-state index contributed by atoms with van der Waals surface area (Å²) in [5, 5.41) is 8.93. The summed E-state index contributed by atoms with van der Waals surface area (Å²) in [7, 11) is -2.86. The Morgan fingerprint density at radius 3 is 2.48 bits per heavy atom. The molecule has 0 amide bonds. The van der Waals surface area contributed by atoms with Gasteiger partial charge in [0.1, 0.15) is 6.04 Å². The number of carbonyl (C=O) groups is 2. The van der Waals surface area contributed by atoms with Crippen molar-refractivity contribution in [2.75, 3.05) is 7.11 Å². The number of hydrogen-bond acceptors (Lipinski definition) is 5. The summed E-state index contributed by atoms with van der Waals surface area (Å²) in [6.45, 7) is 3.11. The molecule has 0 bridgehead atoms. The zero-order chi connectivity index (χ0) is 16.2. The van der Waals surface area contributed by atoms with Crippen LogP contribution in [0.5, 0.6) is 0 Å². The van der Waals surface area contributed by atoms with Crippen LogP contribution in [0.15, 0.2) is 23.1 Å². The van der Waals surface area contributed by atoms with E-state index < -0.39 is 28.0 Å². The first-order valence-corrected chi connectivity index (χ1v) is 7.65. The average Bonchev–Trinajstić information content (AvgIpc) is 2.43. The number of hydrogen-bond donors (Lipinski definition) is 2. The lowest BCUT2D eigenvalue weighted by Crippen LogP contribution is -2.40. The number of aliphatic carboxylic acids is 1. The smallest absolute Gasteiger partial charge is 0.337 e. The van der Waals surface area contributed by atoms with Crippen LogP contribution in [0, 0.1) is 6.92 Å². The standard InChI is InChI=1S/C13H17NO6S/c1-4-10(12(15)16)14-21(18,19)11-7-9(13(17)20-3)6-5-8(11)2/h5-7,10,14H,4H2,1-3H3,(H,15,16)/t10-/m1/s1. The highest BCUT2D eigenvalue weighted by molar-refractivity contribution is 7.89. The lowest BCUT2D eigenvalue weighted by atomic mass is 10.1. The molecule has 2 N–H and O–H groups in total. The Balaban J connectivity index is 3.24. The maximum absolute atomic E-state index is 12.3. The van der Waals surface area contributed by atoms with Crippen LogP contribution in [-0.4, -0.2) is 38.6 Å². The second-order valence-corrected chi connectivity index (χ2v) is 6.07. The van der Waals surface area contributed by atoms with Gasteiger partial charge in [-0.25, -0.2) is 13.2 Å². The first-order valence-electron chi connectivity index (χ1n) is 6.17. The SMILES string of the molecule is CC[C@@H](NS(=O)(=O)c1cc(C(=O)OC)ccc1C)C(=O)O. The highest BCUT2D eigenvalue weighted by atomic mass is 32.2. The predicted molar refractivity (Wildman–Crippen MR) is 74.6 cm³/mol. The van der Waals surface area contributed by atoms with Crippen molar-refractivity contribution < 1.29 is 27.9 Å². The topological polar surface area (TPSA) is 110 Å². The molecule has 1 aromatic rings. The summed E-state index contributed by atoms with van der Waals surface area (Å²) in [5.41, 5.74) is 0.474. The molecule has 0 aliphatic carbocycles. The maximum Gasteiger partial charge on any atom is 0.337 e. The molecule has 0 fully saturated rings. The van der Waals surface area contributed by atoms with Crippen molar-refractivity contribution in [3.05, 3.63) is 29.3 Å². The first kappa shape index (κ1) is 17.1. The fraction of sp³-hybridized carbons (Fsp3) is 0.385. The Morgan fingerprint density at radius 2 is 2.00 bits per heavy atom. The molecule has 0 unspecified atom stereocenters. The number of esters is 1. The van der Waals surface area contributed by atoms with Crippen LogP contribution in [0.4, 0.5) is 0 Å². The molecule has 0 aliphatic rings. The second kappa shape index (κ2) is 6.68. The number of benzene rings is 1. The molecule has 8 heteroatoms. The molecule has 1 atom stereocenters. The summed E-state index contributed by atoms with van der Waals surface area (Å²) in [5.74, 6) is -1.93. The Hall–Kier alpha value is -1.93. The van der Waals surface area contributed by atoms with Crippen molar-refractivity contribution in [2.24, 2.45) is 0 Å². The van der Waals surface area contributed by atoms with E-state index in [0.717, 1.165) is 6.07 Å². The minimum absolute atomic E-state index is 0.0758. The van der Waals surface area contributed by atoms with Gasteiger partial charge in [0.05, 0.1) is 17.6 Å². The van der Waals surface area contributed by atoms with Crippen molar-refractivity contribution in [1.82, 2.24) is 4.72 Å². The van der Waals surface area contributed by atoms with E-state index >= 15 is 0 Å². The van der Waals surface area contributed by atoms with Crippen LogP contribution >= 0.6 is 0 Å². The van der Waals surface area contributed by atoms with Gasteiger partial charge < -0.3 is 9.84 Å². The number of carboxylic acids is 1. The second-order valence-electron chi connectivity index (χ2n) is 4.39. The van der Waals surface area contributed by atoms with Gasteiger partial charge in [-0.2, -0.15) is 4.72 Å². The molecule has 7 nitrogen and oxygen atoms in total. The number of rotatable bonds is 6. The molecule has 1 aromatic carbocycles. The van der Waals surface area contributed by atoms with E-state index in [1.807, 2.05) is 0 Å². The molecule has 0 aliphatic heterocycles. The summed E-state index contributed by atoms with van der Waals surface area (Å²) < 4.78 is 31.2. The van der Waals surface area contributed by atoms with Crippen LogP contribution in [0.25, 0.3) is 0 Å². The lowest BCUT2D eigenvalue weighted by Gasteiger charge is -2.14. The van der Waals surface area contributed by atoms with Gasteiger partial charge in [0.2, 0.25) is 10.0 Å². The van der Waals surface area contributed by atoms with E-state index in [1.165, 1.54) is 19.2 Å². The van der Waals surface area contributed by atoms with E-state index in [-0.39, 0.29) is 16.9 Å². The van der Waals surface area contributed by atoms with Crippen LogP contribution in [-0.2, 0) is 19.6 Å². The van der Waals surface area contributed by atoms with Crippen molar-refractivity contribution in [3.8, 4) is 0 Å². The quantitative estimate of drug-likeness (QED) is 0.756. The molecule has 21 heavy (non-hydrogen) atoms. The van der Waals surface area contributed by atoms with Gasteiger partial charge in [0.15, 0.2) is 0 Å². The maximum atomic E-state index is 12.3. The minimum atomic E-state index is -4.05. The fourth-order valence-electron chi connectivity index (χ4n) is 1.69. The van der Waals surface area contributed by atoms with Crippen LogP contribution in [0.1, 0.15) is 29.3 Å². The van der Waals surface area contributed by atoms with E-state index in [1.54, 1.807) is 13.8 Å². The van der Waals surface area contributed by atoms with Crippen LogP contribution in [0.3, 0.4) is 0 Å². The lowest BCUT2D eigenvalue weighted by molar-refractivity contribution is -0.139. The van der Waals surface area contributed by atoms with E-state index in [9.17, 15) is 18.0 Å². The highest BCUT2D eigenvalue weighted by Gasteiger charge is 2.26. The highest BCUT2D eigenvalue weighted by Crippen LogP contribution is 2.18. The number of methoxy groups -OCH3 is 1. The number of nitrogens with one attached hydrogen (secondary N) is 1. The van der Waals surface area contributed by atoms with Gasteiger partial charge in [-0.1, -0.05) is 13.0 Å². The van der Waals surface area contributed by atoms with E-state index in [4.69, 9.17) is 5.11 Å². The molecule has 0 radical (unpaired) electrons. The predicted octanol–water partition coefficient (Wildman–Crippen LogP) is 0.923. The zero-order valence-corrected chi connectivity index (χ0v) is 12.7. The minimum Gasteiger partial charge on any atom is -0.480 e. The molecule has 0 heterocycles. The third-order valence-electron chi connectivity index (χ3n) is 2.90. The third-order valence-corrected chi connectivity index (χ3v) is 4.52. The number of ether oxygens (including phenoxy) is 1. The largest absolute Gasteiger partial charge is 0.480 e. The van der Waals surface area contributed by atoms with Gasteiger partial charge in [-0.3, -0.25) is 4.79 Å². The van der Waals surface area contributed by atoms with Crippen LogP contribution in [0.2, 0.25) is 0 Å². The number of carbonyl (C=O) groups excluding carboxylic acids is 1. The summed E-state index contributed by atoms with van der Waals surface area (Å²) >= 11 is 0. The van der Waals surface area contributed by atoms with Gasteiger partial charge in [0, 0.05) is 0 Å². The Morgan fingerprint density at radius 1 is 1.38 bits per heavy atom. The van der Waals surface area contributed by atoms with Crippen molar-refractivity contribution in [2.45, 2.75) is 31.2 Å². The number of carboxylic acid groups (broad SMARTS) is 1. The molecular weight excluding hydrogens is 298 g/mol.